The lowest BCUT2D eigenvalue weighted by Crippen LogP contribution is -2.52. The van der Waals surface area contributed by atoms with Crippen molar-refractivity contribution < 1.29 is 106 Å². The van der Waals surface area contributed by atoms with E-state index in [-0.39, 0.29) is 77.3 Å². The molecule has 2 saturated heterocycles. The van der Waals surface area contributed by atoms with E-state index in [1.54, 1.807) is 6.34 Å². The molecule has 9 atom stereocenters. The van der Waals surface area contributed by atoms with Crippen molar-refractivity contribution in [2.24, 2.45) is 9.98 Å². The number of rotatable bonds is 18. The van der Waals surface area contributed by atoms with Crippen molar-refractivity contribution in [1.82, 2.24) is 24.8 Å². The number of aliphatic imine (C=N–C) groups is 2. The van der Waals surface area contributed by atoms with E-state index in [0.717, 1.165) is 37.3 Å². The number of nitrogens with zero attached hydrogens (tertiary/aromatic N) is 5. The molecule has 1 aromatic rings. The number of guanidine groups is 1. The highest BCUT2D eigenvalue weighted by molar-refractivity contribution is 7.88. The summed E-state index contributed by atoms with van der Waals surface area (Å²) in [6.45, 7) is 26.3. The first-order valence-electron chi connectivity index (χ1n) is 24.3. The summed E-state index contributed by atoms with van der Waals surface area (Å²) in [4.78, 5) is 115. The molecule has 1 aromatic heterocycles. The van der Waals surface area contributed by atoms with Crippen LogP contribution in [0.25, 0.3) is 0 Å². The topological polar surface area (TPSA) is 372 Å². The summed E-state index contributed by atoms with van der Waals surface area (Å²) in [6.07, 6.45) is -6.17. The highest BCUT2D eigenvalue weighted by Gasteiger charge is 2.53. The van der Waals surface area contributed by atoms with Crippen molar-refractivity contribution in [3.63, 3.8) is 0 Å². The van der Waals surface area contributed by atoms with Gasteiger partial charge in [-0.1, -0.05) is 98.2 Å². The summed E-state index contributed by atoms with van der Waals surface area (Å²) >= 11 is 0. The molecule has 4 rings (SSSR count). The first kappa shape index (κ1) is 94.8. The van der Waals surface area contributed by atoms with Gasteiger partial charge in [0, 0.05) is 54.5 Å². The number of carbonyl (C=O) groups is 7. The number of anilines is 1. The fourth-order valence-electron chi connectivity index (χ4n) is 6.42. The maximum atomic E-state index is 12.6. The van der Waals surface area contributed by atoms with E-state index in [2.05, 4.69) is 58.7 Å². The van der Waals surface area contributed by atoms with Crippen LogP contribution in [0.4, 0.5) is 19.1 Å². The maximum Gasteiger partial charge on any atom is 0.522 e. The normalized spacial score (nSPS) is 20.6. The SMILES string of the molecule is C.C.C.C.C.C.C.CC(=O)OC[C@H]1O[C@@H](OC(C)=O)[C@@H](OC(C)=O)C1OC(C)=O.CC(=O)OC[C@H]1O[C@@H](n2cnc(N[Si](C)(C)C)nc2=O)[C@@H](OC(C)=O)C1OC(C)=O.CC[Si](=O)CC1N=CNC(N[Si](C)(C)C)=N1.C[Si](C)(C)OS(=O)(=O)C(F)(F)F. The van der Waals surface area contributed by atoms with E-state index in [1.807, 2.05) is 26.6 Å². The smallest absolute Gasteiger partial charge is 0.463 e. The zero-order valence-corrected chi connectivity index (χ0v) is 52.3. The summed E-state index contributed by atoms with van der Waals surface area (Å²) in [7, 11) is -12.8. The number of ether oxygens (including phenoxy) is 9. The predicted molar refractivity (Wildman–Crippen MR) is 331 cm³/mol. The van der Waals surface area contributed by atoms with Crippen LogP contribution in [0.3, 0.4) is 0 Å². The summed E-state index contributed by atoms with van der Waals surface area (Å²) < 4.78 is 119. The van der Waals surface area contributed by atoms with Crippen LogP contribution >= 0.6 is 0 Å². The van der Waals surface area contributed by atoms with E-state index < -0.39 is 146 Å². The highest BCUT2D eigenvalue weighted by atomic mass is 32.2. The van der Waals surface area contributed by atoms with Gasteiger partial charge in [-0.25, -0.2) is 19.8 Å². The zero-order valence-electron chi connectivity index (χ0n) is 47.5. The fraction of sp³-hybridized carbons (Fsp3) is 0.760. The van der Waals surface area contributed by atoms with Gasteiger partial charge in [-0.3, -0.25) is 38.1 Å². The highest BCUT2D eigenvalue weighted by Crippen LogP contribution is 2.34. The third kappa shape index (κ3) is 37.5. The van der Waals surface area contributed by atoms with Crippen molar-refractivity contribution in [1.29, 1.82) is 0 Å². The third-order valence-electron chi connectivity index (χ3n) is 9.10. The molecular formula is C50H101F3N8O21SSi4. The standard InChI is InChI=1S/C17H26N4O8Si.C13H18O9.C9H20N4OSi2.C4H9F3O3SSi.7CH4/c1-9(22)26-7-12-13(27-10(2)23)14(28-11(3)24)15(29-12)21-8-18-16(19-17(21)25)20-30(4,5)6;1-6(14)18-5-10-11(19-7(2)15)12(20-8(3)16)13(22-10)21-9(4)17;1-5-15(14)6-8-10-7-11-9(12-8)13-16(2,3)4;1-12(2,3)10-11(8,9)4(5,6)7;;;;;;;/h8,12-15H,7H2,1-6H3,(H,19,20,25);10-13H,5H2,1-4H3;7-8H,5-6H2,1-4H3,(H2,10,11,12,13);1-3H3;7*1H4/t12-,13?,14+,15-;10-,11?,12+,13-;;;;;;;;;/m11........./s1. The summed E-state index contributed by atoms with van der Waals surface area (Å²) in [5.41, 5.74) is -6.02. The van der Waals surface area contributed by atoms with Gasteiger partial charge in [0.25, 0.3) is 8.68 Å². The number of carbonyl (C=O) groups excluding carboxylic acids is 7. The monoisotopic (exact) mass is 1350 g/mol. The Morgan fingerprint density at radius 1 is 0.655 bits per heavy atom. The largest absolute Gasteiger partial charge is 0.522 e. The molecular weight excluding hydrogens is 1250 g/mol. The Bertz CT molecular complexity index is 2590. The second-order valence-electron chi connectivity index (χ2n) is 20.3. The van der Waals surface area contributed by atoms with Crippen molar-refractivity contribution in [2.45, 2.75) is 239 Å². The predicted octanol–water partition coefficient (Wildman–Crippen LogP) is 7.22. The molecule has 0 aromatic carbocycles. The number of alkyl halides is 3. The van der Waals surface area contributed by atoms with Crippen LogP contribution in [0.5, 0.6) is 0 Å². The molecule has 87 heavy (non-hydrogen) atoms. The minimum absolute atomic E-state index is 0. The molecule has 0 saturated carbocycles. The Hall–Kier alpha value is -5.87. The average Bonchev–Trinajstić information content (AvgIpc) is 3.73. The lowest BCUT2D eigenvalue weighted by atomic mass is 10.1. The lowest BCUT2D eigenvalue weighted by Gasteiger charge is -2.24. The van der Waals surface area contributed by atoms with Gasteiger partial charge in [-0.05, 0) is 25.7 Å². The number of esters is 7. The lowest BCUT2D eigenvalue weighted by molar-refractivity contribution is -0.197. The molecule has 37 heteroatoms. The van der Waals surface area contributed by atoms with Crippen LogP contribution in [-0.2, 0) is 94.6 Å². The molecule has 29 nitrogen and oxygen atoms in total. The molecule has 3 aliphatic heterocycles. The average molecular weight is 1350 g/mol. The van der Waals surface area contributed by atoms with E-state index in [1.165, 1.54) is 53.7 Å². The van der Waals surface area contributed by atoms with Crippen LogP contribution in [0, 0.1) is 0 Å². The number of hydrogen-bond donors (Lipinski definition) is 3. The third-order valence-corrected chi connectivity index (χ3v) is 16.1. The van der Waals surface area contributed by atoms with Gasteiger partial charge in [-0.2, -0.15) is 26.6 Å². The molecule has 0 radical (unpaired) electrons. The minimum atomic E-state index is -5.39. The number of halogens is 3. The Labute approximate surface area is 516 Å². The van der Waals surface area contributed by atoms with Crippen LogP contribution in [-0.4, -0.2) is 178 Å². The van der Waals surface area contributed by atoms with E-state index in [0.29, 0.717) is 6.04 Å². The van der Waals surface area contributed by atoms with Crippen molar-refractivity contribution in [3.05, 3.63) is 16.8 Å². The molecule has 0 bridgehead atoms. The quantitative estimate of drug-likeness (QED) is 0.0565. The van der Waals surface area contributed by atoms with Gasteiger partial charge in [-0.15, -0.1) is 0 Å². The van der Waals surface area contributed by atoms with Crippen molar-refractivity contribution in [2.75, 3.05) is 18.2 Å². The van der Waals surface area contributed by atoms with E-state index in [9.17, 15) is 64.4 Å². The van der Waals surface area contributed by atoms with Gasteiger partial charge in [0.05, 0.1) is 6.34 Å². The first-order chi connectivity index (χ1) is 36.4. The van der Waals surface area contributed by atoms with Crippen LogP contribution in [0.2, 0.25) is 71.0 Å². The van der Waals surface area contributed by atoms with E-state index >= 15 is 0 Å². The minimum Gasteiger partial charge on any atom is -0.463 e. The Kier molecular flexibility index (Phi) is 45.1. The Balaban J connectivity index is -0.000000201. The Morgan fingerprint density at radius 2 is 1.07 bits per heavy atom. The van der Waals surface area contributed by atoms with E-state index in [4.69, 9.17) is 42.6 Å². The molecule has 4 heterocycles. The van der Waals surface area contributed by atoms with Gasteiger partial charge < -0.3 is 66.2 Å². The van der Waals surface area contributed by atoms with Crippen molar-refractivity contribution in [3.8, 4) is 0 Å². The number of hydrogen-bond acceptors (Lipinski definition) is 28. The Morgan fingerprint density at radius 3 is 1.44 bits per heavy atom. The van der Waals surface area contributed by atoms with Crippen LogP contribution in [0.1, 0.15) is 114 Å². The molecule has 3 aliphatic rings. The molecule has 2 fully saturated rings. The fourth-order valence-corrected chi connectivity index (χ4v) is 12.0. The first-order valence-corrected chi connectivity index (χ1v) is 37.9. The summed E-state index contributed by atoms with van der Waals surface area (Å²) in [5.74, 6) is -3.53. The number of aromatic nitrogens is 3. The molecule has 0 amide bonds. The molecule has 0 aliphatic carbocycles. The molecule has 3 unspecified atom stereocenters. The molecule has 3 N–H and O–H groups in total. The molecule has 510 valence electrons. The van der Waals surface area contributed by atoms with Gasteiger partial charge in [0.2, 0.25) is 26.7 Å². The van der Waals surface area contributed by atoms with Gasteiger partial charge in [0.15, 0.2) is 30.5 Å². The van der Waals surface area contributed by atoms with Crippen LogP contribution < -0.4 is 21.0 Å². The summed E-state index contributed by atoms with van der Waals surface area (Å²) in [6, 6.07) is 1.31. The summed E-state index contributed by atoms with van der Waals surface area (Å²) in [5, 5.41) is 2.99. The van der Waals surface area contributed by atoms with Crippen LogP contribution in [0.15, 0.2) is 21.1 Å². The van der Waals surface area contributed by atoms with Gasteiger partial charge >= 0.3 is 63.1 Å². The van der Waals surface area contributed by atoms with Gasteiger partial charge in [0.1, 0.15) is 54.4 Å². The second-order valence-corrected chi connectivity index (χ2v) is 38.3. The second kappa shape index (κ2) is 41.4. The molecule has 0 spiro atoms. The van der Waals surface area contributed by atoms with Crippen molar-refractivity contribution >= 4 is 104 Å². The zero-order chi connectivity index (χ0) is 61.9. The number of nitrogens with one attached hydrogen (secondary N) is 3. The maximum absolute atomic E-state index is 12.6.